The summed E-state index contributed by atoms with van der Waals surface area (Å²) < 4.78 is 11.4. The molecule has 0 atom stereocenters. The van der Waals surface area contributed by atoms with Crippen LogP contribution in [0.2, 0.25) is 0 Å². The minimum Gasteiger partial charge on any atom is -0.493 e. The number of thioether (sulfide) groups is 1. The van der Waals surface area contributed by atoms with Crippen LogP contribution in [0.4, 0.5) is 17.1 Å². The van der Waals surface area contributed by atoms with Gasteiger partial charge in [-0.1, -0.05) is 48.2 Å². The van der Waals surface area contributed by atoms with E-state index in [4.69, 9.17) is 21.7 Å². The van der Waals surface area contributed by atoms with Crippen LogP contribution in [-0.2, 0) is 11.4 Å². The monoisotopic (exact) mass is 523 g/mol. The number of ether oxygens (including phenoxy) is 2. The van der Waals surface area contributed by atoms with Crippen molar-refractivity contribution in [2.45, 2.75) is 6.61 Å². The molecule has 0 unspecified atom stereocenters. The van der Waals surface area contributed by atoms with Crippen LogP contribution in [0.15, 0.2) is 71.6 Å². The highest BCUT2D eigenvalue weighted by Crippen LogP contribution is 2.38. The largest absolute Gasteiger partial charge is 0.493 e. The topological polar surface area (TPSA) is 125 Å². The smallest absolute Gasteiger partial charge is 0.276 e. The number of para-hydroxylation sites is 1. The van der Waals surface area contributed by atoms with Crippen LogP contribution in [-0.4, -0.2) is 27.2 Å². The highest BCUT2D eigenvalue weighted by molar-refractivity contribution is 8.27. The second-order valence-corrected chi connectivity index (χ2v) is 9.05. The van der Waals surface area contributed by atoms with E-state index in [9.17, 15) is 25.0 Å². The Bertz CT molecular complexity index is 1420. The lowest BCUT2D eigenvalue weighted by Gasteiger charge is -2.14. The Hall–Kier alpha value is -4.29. The molecule has 1 saturated heterocycles. The van der Waals surface area contributed by atoms with E-state index in [1.165, 1.54) is 36.3 Å². The number of hydrogen-bond acceptors (Lipinski definition) is 9. The fourth-order valence-corrected chi connectivity index (χ4v) is 4.75. The first-order valence-electron chi connectivity index (χ1n) is 10.3. The second-order valence-electron chi connectivity index (χ2n) is 7.38. The minimum atomic E-state index is -0.539. The molecule has 0 aliphatic carbocycles. The van der Waals surface area contributed by atoms with Crippen LogP contribution in [0.3, 0.4) is 0 Å². The van der Waals surface area contributed by atoms with Crippen molar-refractivity contribution in [1.82, 2.24) is 0 Å². The number of amides is 1. The second kappa shape index (κ2) is 10.5. The van der Waals surface area contributed by atoms with Crippen LogP contribution >= 0.6 is 24.0 Å². The normalized spacial score (nSPS) is 14.2. The zero-order chi connectivity index (χ0) is 25.8. The average Bonchev–Trinajstić information content (AvgIpc) is 3.15. The zero-order valence-corrected chi connectivity index (χ0v) is 20.3. The molecule has 0 N–H and O–H groups in total. The van der Waals surface area contributed by atoms with Crippen LogP contribution < -0.4 is 14.4 Å². The molecule has 0 bridgehead atoms. The quantitative estimate of drug-likeness (QED) is 0.163. The fraction of sp³-hybridized carbons (Fsp3) is 0.0833. The number of hydrogen-bond donors (Lipinski definition) is 0. The summed E-state index contributed by atoms with van der Waals surface area (Å²) in [6.45, 7) is -0.0330. The lowest BCUT2D eigenvalue weighted by molar-refractivity contribution is -0.385. The first-order chi connectivity index (χ1) is 17.3. The zero-order valence-electron chi connectivity index (χ0n) is 18.7. The Kier molecular flexibility index (Phi) is 7.27. The van der Waals surface area contributed by atoms with Gasteiger partial charge in [0.15, 0.2) is 15.8 Å². The summed E-state index contributed by atoms with van der Waals surface area (Å²) in [4.78, 5) is 35.9. The van der Waals surface area contributed by atoms with Gasteiger partial charge in [0.05, 0.1) is 33.1 Å². The van der Waals surface area contributed by atoms with Crippen molar-refractivity contribution in [3.05, 3.63) is 103 Å². The number of carbonyl (C=O) groups is 1. The maximum atomic E-state index is 13.0. The summed E-state index contributed by atoms with van der Waals surface area (Å²) in [6.07, 6.45) is 1.63. The van der Waals surface area contributed by atoms with Crippen molar-refractivity contribution >= 4 is 57.3 Å². The molecular formula is C24H17N3O7S2. The Labute approximate surface area is 214 Å². The fourth-order valence-electron chi connectivity index (χ4n) is 3.45. The molecule has 3 aromatic carbocycles. The number of nitro benzene ring substituents is 2. The van der Waals surface area contributed by atoms with Crippen molar-refractivity contribution in [1.29, 1.82) is 0 Å². The Morgan fingerprint density at radius 3 is 2.50 bits per heavy atom. The molecule has 12 heteroatoms. The standard InChI is InChI=1S/C24H17N3O7S2/c1-33-21-11-15(9-10-20(21)34-14-16-5-2-3-8-19(16)27(31)32)12-22-23(28)25(24(35)36-22)17-6-4-7-18(13-17)26(29)30/h2-13H,14H2,1H3/b22-12+. The Morgan fingerprint density at radius 2 is 1.78 bits per heavy atom. The maximum absolute atomic E-state index is 13.0. The predicted molar refractivity (Wildman–Crippen MR) is 139 cm³/mol. The molecule has 1 fully saturated rings. The Morgan fingerprint density at radius 1 is 1.00 bits per heavy atom. The third-order valence-electron chi connectivity index (χ3n) is 5.15. The third kappa shape index (κ3) is 5.19. The van der Waals surface area contributed by atoms with E-state index in [2.05, 4.69) is 0 Å². The number of carbonyl (C=O) groups excluding carboxylic acids is 1. The van der Waals surface area contributed by atoms with Gasteiger partial charge in [0.1, 0.15) is 6.61 Å². The molecule has 0 spiro atoms. The van der Waals surface area contributed by atoms with Gasteiger partial charge in [-0.2, -0.15) is 0 Å². The number of nitrogens with zero attached hydrogens (tertiary/aromatic N) is 3. The molecule has 1 aliphatic rings. The number of rotatable bonds is 8. The van der Waals surface area contributed by atoms with Gasteiger partial charge < -0.3 is 9.47 Å². The molecule has 1 amide bonds. The number of methoxy groups -OCH3 is 1. The highest BCUT2D eigenvalue weighted by Gasteiger charge is 2.34. The predicted octanol–water partition coefficient (Wildman–Crippen LogP) is 5.50. The summed E-state index contributed by atoms with van der Waals surface area (Å²) in [5.41, 5.74) is 1.17. The number of thiocarbonyl (C=S) groups is 1. The van der Waals surface area contributed by atoms with E-state index in [0.717, 1.165) is 11.8 Å². The molecule has 10 nitrogen and oxygen atoms in total. The van der Waals surface area contributed by atoms with E-state index < -0.39 is 15.8 Å². The summed E-state index contributed by atoms with van der Waals surface area (Å²) >= 11 is 6.42. The summed E-state index contributed by atoms with van der Waals surface area (Å²) in [6, 6.07) is 17.0. The number of anilines is 1. The van der Waals surface area contributed by atoms with Gasteiger partial charge in [0.25, 0.3) is 17.3 Å². The molecule has 0 saturated carbocycles. The molecule has 3 aromatic rings. The summed E-state index contributed by atoms with van der Waals surface area (Å²) in [5, 5.41) is 22.3. The van der Waals surface area contributed by atoms with Gasteiger partial charge in [-0.05, 0) is 35.9 Å². The molecule has 1 heterocycles. The first-order valence-corrected chi connectivity index (χ1v) is 11.6. The molecular weight excluding hydrogens is 506 g/mol. The van der Waals surface area contributed by atoms with Crippen molar-refractivity contribution in [2.75, 3.05) is 12.0 Å². The van der Waals surface area contributed by atoms with Gasteiger partial charge in [-0.25, -0.2) is 0 Å². The maximum Gasteiger partial charge on any atom is 0.276 e. The molecule has 1 aliphatic heterocycles. The van der Waals surface area contributed by atoms with E-state index >= 15 is 0 Å². The molecule has 182 valence electrons. The third-order valence-corrected chi connectivity index (χ3v) is 6.45. The molecule has 4 rings (SSSR count). The van der Waals surface area contributed by atoms with Crippen LogP contribution in [0, 0.1) is 20.2 Å². The lowest BCUT2D eigenvalue weighted by atomic mass is 10.1. The molecule has 0 aromatic heterocycles. The molecule has 0 radical (unpaired) electrons. The average molecular weight is 524 g/mol. The summed E-state index contributed by atoms with van der Waals surface area (Å²) in [7, 11) is 1.46. The molecule has 36 heavy (non-hydrogen) atoms. The van der Waals surface area contributed by atoms with Gasteiger partial charge in [-0.15, -0.1) is 0 Å². The summed E-state index contributed by atoms with van der Waals surface area (Å²) in [5.74, 6) is 0.342. The SMILES string of the molecule is COc1cc(/C=C2/SC(=S)N(c3cccc([N+](=O)[O-])c3)C2=O)ccc1OCc1ccccc1[N+](=O)[O-]. The van der Waals surface area contributed by atoms with Gasteiger partial charge in [0.2, 0.25) is 0 Å². The number of benzene rings is 3. The van der Waals surface area contributed by atoms with Crippen molar-refractivity contribution in [3.63, 3.8) is 0 Å². The Balaban J connectivity index is 1.55. The number of nitro groups is 2. The first kappa shape index (κ1) is 24.8. The number of non-ortho nitro benzene ring substituents is 1. The van der Waals surface area contributed by atoms with E-state index in [-0.39, 0.29) is 22.3 Å². The van der Waals surface area contributed by atoms with Gasteiger partial charge in [-0.3, -0.25) is 29.9 Å². The van der Waals surface area contributed by atoms with Crippen molar-refractivity contribution < 1.29 is 24.1 Å². The van der Waals surface area contributed by atoms with Gasteiger partial charge in [0, 0.05) is 18.2 Å². The van der Waals surface area contributed by atoms with Crippen molar-refractivity contribution in [2.24, 2.45) is 0 Å². The highest BCUT2D eigenvalue weighted by atomic mass is 32.2. The van der Waals surface area contributed by atoms with E-state index in [0.29, 0.717) is 33.2 Å². The van der Waals surface area contributed by atoms with Crippen molar-refractivity contribution in [3.8, 4) is 11.5 Å². The van der Waals surface area contributed by atoms with E-state index in [1.54, 1.807) is 48.5 Å². The van der Waals surface area contributed by atoms with Crippen LogP contribution in [0.5, 0.6) is 11.5 Å². The lowest BCUT2D eigenvalue weighted by Crippen LogP contribution is -2.27. The van der Waals surface area contributed by atoms with Crippen LogP contribution in [0.1, 0.15) is 11.1 Å². The van der Waals surface area contributed by atoms with Gasteiger partial charge >= 0.3 is 0 Å². The van der Waals surface area contributed by atoms with E-state index in [1.807, 2.05) is 0 Å². The van der Waals surface area contributed by atoms with Crippen LogP contribution in [0.25, 0.3) is 6.08 Å². The minimum absolute atomic E-state index is 0.0330.